The van der Waals surface area contributed by atoms with E-state index in [0.717, 1.165) is 23.8 Å². The maximum absolute atomic E-state index is 13.6. The molecule has 4 rings (SSSR count). The van der Waals surface area contributed by atoms with E-state index in [9.17, 15) is 9.18 Å². The van der Waals surface area contributed by atoms with Crippen molar-refractivity contribution in [2.24, 2.45) is 13.0 Å². The normalized spacial score (nSPS) is 21.5. The second-order valence-electron chi connectivity index (χ2n) is 7.70. The molecule has 1 saturated carbocycles. The van der Waals surface area contributed by atoms with E-state index in [0.29, 0.717) is 17.2 Å². The summed E-state index contributed by atoms with van der Waals surface area (Å²) in [7, 11) is 0.799. The minimum atomic E-state index is -0.952. The van der Waals surface area contributed by atoms with Crippen molar-refractivity contribution in [3.63, 3.8) is 0 Å². The maximum atomic E-state index is 13.6. The van der Waals surface area contributed by atoms with E-state index in [1.165, 1.54) is 25.3 Å². The van der Waals surface area contributed by atoms with Gasteiger partial charge in [-0.2, -0.15) is 9.65 Å². The monoisotopic (exact) mass is 426 g/mol. The molecule has 2 unspecified atom stereocenters. The summed E-state index contributed by atoms with van der Waals surface area (Å²) in [6.07, 6.45) is 11.8. The summed E-state index contributed by atoms with van der Waals surface area (Å²) in [5, 5.41) is 11.6. The number of nitriles is 1. The molecule has 0 saturated heterocycles. The fraction of sp³-hybridized carbons (Fsp3) is 0.381. The number of halogens is 1. The largest absolute Gasteiger partial charge is 0.345 e. The van der Waals surface area contributed by atoms with Crippen molar-refractivity contribution in [1.29, 1.82) is 10.0 Å². The Morgan fingerprint density at radius 1 is 1.40 bits per heavy atom. The highest BCUT2D eigenvalue weighted by Gasteiger charge is 2.28. The highest BCUT2D eigenvalue weighted by Crippen LogP contribution is 2.31. The Morgan fingerprint density at radius 3 is 2.90 bits per heavy atom. The van der Waals surface area contributed by atoms with Crippen LogP contribution in [0, 0.1) is 28.0 Å². The van der Waals surface area contributed by atoms with E-state index in [-0.39, 0.29) is 17.4 Å². The Kier molecular flexibility index (Phi) is 5.79. The summed E-state index contributed by atoms with van der Waals surface area (Å²) in [5.41, 5.74) is 1.16. The van der Waals surface area contributed by atoms with Gasteiger partial charge in [0.25, 0.3) is 5.91 Å². The van der Waals surface area contributed by atoms with Gasteiger partial charge in [0.05, 0.1) is 4.90 Å². The van der Waals surface area contributed by atoms with Gasteiger partial charge in [0.2, 0.25) is 5.95 Å². The molecule has 2 aromatic heterocycles. The van der Waals surface area contributed by atoms with E-state index >= 15 is 0 Å². The van der Waals surface area contributed by atoms with Crippen molar-refractivity contribution in [2.75, 3.05) is 5.32 Å². The molecule has 7 nitrogen and oxygen atoms in total. The molecular weight excluding hydrogens is 403 g/mol. The molecule has 0 aromatic carbocycles. The number of amides is 1. The molecule has 1 amide bonds. The number of fused-ring (bicyclic) bond motifs is 1. The lowest BCUT2D eigenvalue weighted by atomic mass is 9.84. The molecule has 2 atom stereocenters. The van der Waals surface area contributed by atoms with Gasteiger partial charge in [0, 0.05) is 36.6 Å². The van der Waals surface area contributed by atoms with Crippen LogP contribution < -0.4 is 10.0 Å². The minimum absolute atomic E-state index is 0.108. The molecule has 2 aliphatic rings. The average molecular weight is 427 g/mol. The summed E-state index contributed by atoms with van der Waals surface area (Å²) in [5.74, 6) is -0.747. The van der Waals surface area contributed by atoms with Crippen LogP contribution >= 0.6 is 0 Å². The van der Waals surface area contributed by atoms with Crippen LogP contribution in [0.15, 0.2) is 29.3 Å². The predicted molar refractivity (Wildman–Crippen MR) is 113 cm³/mol. The van der Waals surface area contributed by atoms with Gasteiger partial charge < -0.3 is 9.88 Å². The van der Waals surface area contributed by atoms with E-state index in [4.69, 9.17) is 10.0 Å². The van der Waals surface area contributed by atoms with Gasteiger partial charge in [0.1, 0.15) is 17.5 Å². The van der Waals surface area contributed by atoms with E-state index in [2.05, 4.69) is 21.1 Å². The van der Waals surface area contributed by atoms with Crippen LogP contribution in [0.2, 0.25) is 0 Å². The van der Waals surface area contributed by atoms with E-state index in [1.807, 2.05) is 6.08 Å². The van der Waals surface area contributed by atoms with Gasteiger partial charge in [-0.05, 0) is 35.7 Å². The summed E-state index contributed by atoms with van der Waals surface area (Å²) in [4.78, 5) is 17.2. The molecule has 2 aromatic rings. The number of pyridine rings is 1. The van der Waals surface area contributed by atoms with Crippen LogP contribution in [0.1, 0.15) is 53.8 Å². The average Bonchev–Trinajstić information content (AvgIpc) is 2.98. The van der Waals surface area contributed by atoms with Gasteiger partial charge in [0.15, 0.2) is 0 Å². The number of anilines is 1. The van der Waals surface area contributed by atoms with Crippen LogP contribution in [0.5, 0.6) is 0 Å². The van der Waals surface area contributed by atoms with E-state index in [1.54, 1.807) is 23.9 Å². The third-order valence-corrected chi connectivity index (χ3v) is 6.94. The number of aromatic nitrogens is 2. The number of aryl methyl sites for hydroxylation is 1. The minimum Gasteiger partial charge on any atom is -0.345 e. The van der Waals surface area contributed by atoms with Crippen LogP contribution in [-0.2, 0) is 17.9 Å². The van der Waals surface area contributed by atoms with Crippen molar-refractivity contribution < 1.29 is 9.18 Å². The number of hydrogen-bond acceptors (Lipinski definition) is 4. The van der Waals surface area contributed by atoms with Gasteiger partial charge in [-0.25, -0.2) is 9.71 Å². The quantitative estimate of drug-likeness (QED) is 0.647. The predicted octanol–water partition coefficient (Wildman–Crippen LogP) is 3.90. The Labute approximate surface area is 177 Å². The lowest BCUT2D eigenvalue weighted by molar-refractivity contribution is 0.101. The zero-order chi connectivity index (χ0) is 21.3. The smallest absolute Gasteiger partial charge is 0.272 e. The van der Waals surface area contributed by atoms with Gasteiger partial charge in [-0.1, -0.05) is 31.4 Å². The maximum Gasteiger partial charge on any atom is 0.272 e. The lowest BCUT2D eigenvalue weighted by Crippen LogP contribution is -2.35. The Bertz CT molecular complexity index is 1080. The molecule has 1 aliphatic heterocycles. The fourth-order valence-electron chi connectivity index (χ4n) is 4.22. The molecule has 1 fully saturated rings. The number of nitrogens with zero attached hydrogens (tertiary/aromatic N) is 3. The highest BCUT2D eigenvalue weighted by atomic mass is 32.2. The summed E-state index contributed by atoms with van der Waals surface area (Å²) < 4.78 is 27.4. The molecule has 0 bridgehead atoms. The number of carbonyl (C=O) groups excluding carboxylic acids is 1. The van der Waals surface area contributed by atoms with Crippen molar-refractivity contribution >= 4 is 28.5 Å². The third-order valence-electron chi connectivity index (χ3n) is 5.67. The Balaban J connectivity index is 1.63. The van der Waals surface area contributed by atoms with Crippen molar-refractivity contribution in [3.05, 3.63) is 47.3 Å². The molecule has 3 heterocycles. The molecule has 1 aliphatic carbocycles. The first-order valence-electron chi connectivity index (χ1n) is 9.94. The van der Waals surface area contributed by atoms with Crippen LogP contribution in [0.4, 0.5) is 10.1 Å². The zero-order valence-electron chi connectivity index (χ0n) is 16.6. The molecule has 156 valence electrons. The van der Waals surface area contributed by atoms with Gasteiger partial charge in [-0.15, -0.1) is 0 Å². The van der Waals surface area contributed by atoms with Gasteiger partial charge in [-0.3, -0.25) is 9.57 Å². The number of carbonyl (C=O) groups is 1. The molecule has 0 spiro atoms. The second kappa shape index (κ2) is 8.50. The first-order chi connectivity index (χ1) is 14.5. The first-order valence-corrected chi connectivity index (χ1v) is 11.2. The van der Waals surface area contributed by atoms with Gasteiger partial charge >= 0.3 is 0 Å². The second-order valence-corrected chi connectivity index (χ2v) is 8.99. The summed E-state index contributed by atoms with van der Waals surface area (Å²) in [6.45, 7) is 0. The summed E-state index contributed by atoms with van der Waals surface area (Å²) >= 11 is 0. The molecule has 30 heavy (non-hydrogen) atoms. The zero-order valence-corrected chi connectivity index (χ0v) is 17.4. The fourth-order valence-corrected chi connectivity index (χ4v) is 5.54. The van der Waals surface area contributed by atoms with Crippen molar-refractivity contribution in [2.45, 2.75) is 43.0 Å². The molecular formula is C21H23FN6OS. The van der Waals surface area contributed by atoms with E-state index < -0.39 is 22.7 Å². The Hall–Kier alpha value is -2.83. The number of rotatable bonds is 3. The SMILES string of the molecule is Cn1cc2c(c1C(=O)Nc1cc(F)nc(C#N)c1)C=CC(C1CCCCC1)NS2=N. The third kappa shape index (κ3) is 4.06. The van der Waals surface area contributed by atoms with Crippen molar-refractivity contribution in [1.82, 2.24) is 14.3 Å². The standard InChI is InChI=1S/C21H23FN6OS/c1-28-12-18-16(7-8-17(27-30(18)24)13-5-3-2-4-6-13)20(28)21(29)26-14-9-15(11-23)25-19(22)10-14/h7-10,12-13,17H,2-6H2,1H3,(H2,24,27)(H,25,26,29). The van der Waals surface area contributed by atoms with Crippen LogP contribution in [0.3, 0.4) is 0 Å². The number of nitrogens with one attached hydrogen (secondary N) is 3. The topological polar surface area (TPSA) is 107 Å². The lowest BCUT2D eigenvalue weighted by Gasteiger charge is -2.28. The molecule has 3 N–H and O–H groups in total. The number of hydrogen-bond donors (Lipinski definition) is 3. The first kappa shape index (κ1) is 20.4. The molecule has 0 radical (unpaired) electrons. The molecule has 9 heteroatoms. The van der Waals surface area contributed by atoms with Crippen LogP contribution in [0.25, 0.3) is 6.08 Å². The highest BCUT2D eigenvalue weighted by molar-refractivity contribution is 7.84. The summed E-state index contributed by atoms with van der Waals surface area (Å²) in [6, 6.07) is 4.30. The van der Waals surface area contributed by atoms with Crippen LogP contribution in [-0.4, -0.2) is 21.5 Å². The Morgan fingerprint density at radius 2 is 2.17 bits per heavy atom. The van der Waals surface area contributed by atoms with Crippen molar-refractivity contribution in [3.8, 4) is 6.07 Å².